The number of rotatable bonds is 5. The first kappa shape index (κ1) is 15.3. The first-order valence-corrected chi connectivity index (χ1v) is 6.82. The highest BCUT2D eigenvalue weighted by Crippen LogP contribution is 2.27. The van der Waals surface area contributed by atoms with Gasteiger partial charge < -0.3 is 5.11 Å². The minimum Gasteiger partial charge on any atom is -0.480 e. The quantitative estimate of drug-likeness (QED) is 0.863. The van der Waals surface area contributed by atoms with Crippen LogP contribution < -0.4 is 0 Å². The van der Waals surface area contributed by atoms with E-state index in [1.807, 2.05) is 31.2 Å². The lowest BCUT2D eigenvalue weighted by atomic mass is 10.1. The van der Waals surface area contributed by atoms with Gasteiger partial charge in [-0.15, -0.1) is 6.42 Å². The lowest BCUT2D eigenvalue weighted by Gasteiger charge is -2.18. The van der Waals surface area contributed by atoms with Crippen molar-refractivity contribution >= 4 is 28.5 Å². The zero-order chi connectivity index (χ0) is 15.4. The molecule has 0 aliphatic carbocycles. The molecule has 0 saturated carbocycles. The van der Waals surface area contributed by atoms with Crippen LogP contribution in [0.5, 0.6) is 0 Å². The Bertz CT molecular complexity index is 722. The molecule has 1 aromatic heterocycles. The van der Waals surface area contributed by atoms with E-state index in [4.69, 9.17) is 23.1 Å². The van der Waals surface area contributed by atoms with Crippen molar-refractivity contribution < 1.29 is 9.90 Å². The van der Waals surface area contributed by atoms with E-state index in [-0.39, 0.29) is 13.1 Å². The van der Waals surface area contributed by atoms with Gasteiger partial charge >= 0.3 is 5.97 Å². The number of nitrogens with zero attached hydrogens (tertiary/aromatic N) is 2. The van der Waals surface area contributed by atoms with Crippen LogP contribution in [0, 0.1) is 19.3 Å². The molecule has 0 fully saturated rings. The predicted molar refractivity (Wildman–Crippen MR) is 83.2 cm³/mol. The Morgan fingerprint density at radius 1 is 1.48 bits per heavy atom. The van der Waals surface area contributed by atoms with E-state index in [1.165, 1.54) is 0 Å². The van der Waals surface area contributed by atoms with Crippen molar-refractivity contribution in [1.29, 1.82) is 0 Å². The van der Waals surface area contributed by atoms with Crippen molar-refractivity contribution in [2.24, 2.45) is 0 Å². The van der Waals surface area contributed by atoms with E-state index < -0.39 is 5.97 Å². The summed E-state index contributed by atoms with van der Waals surface area (Å²) in [5.74, 6) is 1.52. The second kappa shape index (κ2) is 6.57. The Labute approximate surface area is 128 Å². The maximum absolute atomic E-state index is 10.9. The molecule has 0 spiro atoms. The summed E-state index contributed by atoms with van der Waals surface area (Å²) < 4.78 is 0. The average Bonchev–Trinajstić information content (AvgIpc) is 2.44. The molecule has 0 bridgehead atoms. The van der Waals surface area contributed by atoms with Crippen molar-refractivity contribution in [2.75, 3.05) is 13.1 Å². The van der Waals surface area contributed by atoms with Gasteiger partial charge in [0.15, 0.2) is 0 Å². The second-order valence-corrected chi connectivity index (χ2v) is 5.14. The highest BCUT2D eigenvalue weighted by Gasteiger charge is 2.15. The third-order valence-corrected chi connectivity index (χ3v) is 3.69. The number of carbonyl (C=O) groups is 1. The molecule has 0 saturated heterocycles. The van der Waals surface area contributed by atoms with Gasteiger partial charge in [0.1, 0.15) is 0 Å². The Hall–Kier alpha value is -2.09. The van der Waals surface area contributed by atoms with Gasteiger partial charge in [0, 0.05) is 11.9 Å². The first-order chi connectivity index (χ1) is 10.0. The number of aliphatic carboxylic acids is 1. The molecule has 2 rings (SSSR count). The number of aromatic nitrogens is 1. The normalized spacial score (nSPS) is 10.8. The van der Waals surface area contributed by atoms with Crippen molar-refractivity contribution in [3.8, 4) is 12.3 Å². The Kier molecular flexibility index (Phi) is 4.79. The number of carboxylic acid groups (broad SMARTS) is 1. The molecule has 21 heavy (non-hydrogen) atoms. The lowest BCUT2D eigenvalue weighted by molar-refractivity contribution is -0.138. The molecule has 1 N–H and O–H groups in total. The lowest BCUT2D eigenvalue weighted by Crippen LogP contribution is -2.30. The van der Waals surface area contributed by atoms with Crippen LogP contribution in [0.2, 0.25) is 5.02 Å². The van der Waals surface area contributed by atoms with Gasteiger partial charge in [-0.25, -0.2) is 4.98 Å². The number of para-hydroxylation sites is 1. The van der Waals surface area contributed by atoms with Crippen LogP contribution in [0.3, 0.4) is 0 Å². The van der Waals surface area contributed by atoms with Crippen LogP contribution in [0.1, 0.15) is 11.3 Å². The maximum Gasteiger partial charge on any atom is 0.317 e. The SMILES string of the molecule is C#CCN(CC(=O)O)Cc1nc2ccccc2c(C)c1Cl. The second-order valence-electron chi connectivity index (χ2n) is 4.76. The minimum absolute atomic E-state index is 0.145. The van der Waals surface area contributed by atoms with Crippen molar-refractivity contribution in [1.82, 2.24) is 9.88 Å². The fourth-order valence-corrected chi connectivity index (χ4v) is 2.43. The summed E-state index contributed by atoms with van der Waals surface area (Å²) in [6.45, 7) is 2.32. The minimum atomic E-state index is -0.932. The number of hydrogen-bond acceptors (Lipinski definition) is 3. The molecule has 1 aromatic carbocycles. The zero-order valence-corrected chi connectivity index (χ0v) is 12.4. The number of terminal acetylenes is 1. The third-order valence-electron chi connectivity index (χ3n) is 3.19. The smallest absolute Gasteiger partial charge is 0.317 e. The van der Waals surface area contributed by atoms with E-state index in [0.717, 1.165) is 16.5 Å². The number of benzene rings is 1. The van der Waals surface area contributed by atoms with E-state index in [1.54, 1.807) is 4.90 Å². The highest BCUT2D eigenvalue weighted by molar-refractivity contribution is 6.32. The molecule has 0 radical (unpaired) electrons. The fourth-order valence-electron chi connectivity index (χ4n) is 2.22. The molecule has 2 aromatic rings. The zero-order valence-electron chi connectivity index (χ0n) is 11.6. The fraction of sp³-hybridized carbons (Fsp3) is 0.250. The standard InChI is InChI=1S/C16H15ClN2O2/c1-3-8-19(10-15(20)21)9-14-16(17)11(2)12-6-4-5-7-13(12)18-14/h1,4-7H,8-10H2,2H3,(H,20,21). The molecule has 0 atom stereocenters. The first-order valence-electron chi connectivity index (χ1n) is 6.44. The summed E-state index contributed by atoms with van der Waals surface area (Å²) in [5.41, 5.74) is 2.42. The number of aryl methyl sites for hydroxylation is 1. The largest absolute Gasteiger partial charge is 0.480 e. The molecule has 0 unspecified atom stereocenters. The van der Waals surface area contributed by atoms with Crippen LogP contribution in [0.15, 0.2) is 24.3 Å². The van der Waals surface area contributed by atoms with Crippen LogP contribution >= 0.6 is 11.6 Å². The molecule has 1 heterocycles. The van der Waals surface area contributed by atoms with Crippen LogP contribution in [0.25, 0.3) is 10.9 Å². The van der Waals surface area contributed by atoms with Crippen molar-refractivity contribution in [3.63, 3.8) is 0 Å². The summed E-state index contributed by atoms with van der Waals surface area (Å²) in [6, 6.07) is 7.71. The highest BCUT2D eigenvalue weighted by atomic mass is 35.5. The Morgan fingerprint density at radius 3 is 2.86 bits per heavy atom. The van der Waals surface area contributed by atoms with E-state index in [9.17, 15) is 4.79 Å². The average molecular weight is 303 g/mol. The summed E-state index contributed by atoms with van der Waals surface area (Å²) >= 11 is 6.36. The van der Waals surface area contributed by atoms with Gasteiger partial charge in [0.05, 0.1) is 29.3 Å². The van der Waals surface area contributed by atoms with Gasteiger partial charge in [-0.1, -0.05) is 35.7 Å². The van der Waals surface area contributed by atoms with E-state index >= 15 is 0 Å². The molecule has 0 aliphatic heterocycles. The van der Waals surface area contributed by atoms with Gasteiger partial charge in [-0.05, 0) is 18.6 Å². The van der Waals surface area contributed by atoms with Crippen molar-refractivity contribution in [3.05, 3.63) is 40.5 Å². The number of carboxylic acids is 1. The molecule has 0 aliphatic rings. The van der Waals surface area contributed by atoms with E-state index in [2.05, 4.69) is 10.9 Å². The maximum atomic E-state index is 10.9. The Balaban J connectivity index is 2.39. The van der Waals surface area contributed by atoms with E-state index in [0.29, 0.717) is 17.3 Å². The van der Waals surface area contributed by atoms with Crippen LogP contribution in [-0.4, -0.2) is 34.0 Å². The summed E-state index contributed by atoms with van der Waals surface area (Å²) in [7, 11) is 0. The van der Waals surface area contributed by atoms with Gasteiger partial charge in [-0.2, -0.15) is 0 Å². The van der Waals surface area contributed by atoms with Gasteiger partial charge in [0.25, 0.3) is 0 Å². The number of halogens is 1. The molecular weight excluding hydrogens is 288 g/mol. The monoisotopic (exact) mass is 302 g/mol. The molecule has 0 amide bonds. The van der Waals surface area contributed by atoms with Gasteiger partial charge in [-0.3, -0.25) is 9.69 Å². The Morgan fingerprint density at radius 2 is 2.19 bits per heavy atom. The number of pyridine rings is 1. The molecule has 5 heteroatoms. The van der Waals surface area contributed by atoms with Crippen molar-refractivity contribution in [2.45, 2.75) is 13.5 Å². The number of fused-ring (bicyclic) bond motifs is 1. The summed E-state index contributed by atoms with van der Waals surface area (Å²) in [5, 5.41) is 10.5. The van der Waals surface area contributed by atoms with Gasteiger partial charge in [0.2, 0.25) is 0 Å². The molecular formula is C16H15ClN2O2. The number of hydrogen-bond donors (Lipinski definition) is 1. The molecule has 4 nitrogen and oxygen atoms in total. The topological polar surface area (TPSA) is 53.4 Å². The summed E-state index contributed by atoms with van der Waals surface area (Å²) in [4.78, 5) is 17.0. The van der Waals surface area contributed by atoms with Crippen LogP contribution in [-0.2, 0) is 11.3 Å². The summed E-state index contributed by atoms with van der Waals surface area (Å²) in [6.07, 6.45) is 5.28. The molecule has 108 valence electrons. The van der Waals surface area contributed by atoms with Crippen LogP contribution in [0.4, 0.5) is 0 Å². The predicted octanol–water partition coefficient (Wildman–Crippen LogP) is 2.72. The third kappa shape index (κ3) is 3.52.